The van der Waals surface area contributed by atoms with E-state index in [0.717, 1.165) is 10.7 Å². The lowest BCUT2D eigenvalue weighted by Crippen LogP contribution is -2.27. The van der Waals surface area contributed by atoms with Crippen molar-refractivity contribution in [3.8, 4) is 0 Å². The molecule has 0 spiro atoms. The molecule has 0 aliphatic carbocycles. The quantitative estimate of drug-likeness (QED) is 0.781. The van der Waals surface area contributed by atoms with Gasteiger partial charge in [-0.3, -0.25) is 0 Å². The maximum absolute atomic E-state index is 10.9. The van der Waals surface area contributed by atoms with Crippen LogP contribution in [0.25, 0.3) is 0 Å². The minimum atomic E-state index is -0.504. The molecule has 0 aromatic carbocycles. The Kier molecular flexibility index (Phi) is 5.06. The highest BCUT2D eigenvalue weighted by Gasteiger charge is 2.02. The van der Waals surface area contributed by atoms with Gasteiger partial charge in [0.15, 0.2) is 0 Å². The average Bonchev–Trinajstić information content (AvgIpc) is 2.61. The van der Waals surface area contributed by atoms with Crippen molar-refractivity contribution in [1.82, 2.24) is 10.3 Å². The van der Waals surface area contributed by atoms with Crippen LogP contribution in [-0.2, 0) is 11.2 Å². The zero-order valence-corrected chi connectivity index (χ0v) is 9.34. The molecule has 1 rings (SSSR count). The van der Waals surface area contributed by atoms with Crippen molar-refractivity contribution in [3.63, 3.8) is 0 Å². The summed E-state index contributed by atoms with van der Waals surface area (Å²) in [6.07, 6.45) is 0.189. The van der Waals surface area contributed by atoms with Crippen molar-refractivity contribution in [1.29, 1.82) is 0 Å². The molecular formula is C9H14N2O3S. The highest BCUT2D eigenvalue weighted by Crippen LogP contribution is 2.07. The van der Waals surface area contributed by atoms with Crippen molar-refractivity contribution in [2.75, 3.05) is 19.8 Å². The Morgan fingerprint density at radius 2 is 2.53 bits per heavy atom. The number of thiazole rings is 1. The normalized spacial score (nSPS) is 10.0. The summed E-state index contributed by atoms with van der Waals surface area (Å²) in [5.74, 6) is 0. The van der Waals surface area contributed by atoms with Gasteiger partial charge in [-0.2, -0.15) is 0 Å². The number of carbonyl (C=O) groups is 1. The third-order valence-corrected chi connectivity index (χ3v) is 2.46. The summed E-state index contributed by atoms with van der Waals surface area (Å²) < 4.78 is 4.62. The van der Waals surface area contributed by atoms with Crippen molar-refractivity contribution in [2.45, 2.75) is 13.3 Å². The number of alkyl carbamates (subject to hydrolysis) is 1. The van der Waals surface area contributed by atoms with Gasteiger partial charge in [0, 0.05) is 18.3 Å². The van der Waals surface area contributed by atoms with E-state index >= 15 is 0 Å². The van der Waals surface area contributed by atoms with E-state index in [-0.39, 0.29) is 13.2 Å². The summed E-state index contributed by atoms with van der Waals surface area (Å²) in [5, 5.41) is 14.0. The molecule has 1 heterocycles. The smallest absolute Gasteiger partial charge is 0.407 e. The molecule has 84 valence electrons. The number of nitrogens with zero attached hydrogens (tertiary/aromatic N) is 1. The van der Waals surface area contributed by atoms with Gasteiger partial charge in [-0.25, -0.2) is 9.78 Å². The maximum atomic E-state index is 10.9. The van der Waals surface area contributed by atoms with Crippen LogP contribution in [0.5, 0.6) is 0 Å². The predicted molar refractivity (Wildman–Crippen MR) is 57.0 cm³/mol. The Balaban J connectivity index is 2.13. The van der Waals surface area contributed by atoms with Crippen LogP contribution in [0.4, 0.5) is 4.79 Å². The number of hydrogen-bond donors (Lipinski definition) is 2. The van der Waals surface area contributed by atoms with Crippen LogP contribution in [0, 0.1) is 6.92 Å². The first-order valence-electron chi connectivity index (χ1n) is 4.65. The van der Waals surface area contributed by atoms with E-state index in [1.54, 1.807) is 11.3 Å². The molecule has 15 heavy (non-hydrogen) atoms. The van der Waals surface area contributed by atoms with Crippen LogP contribution in [0.2, 0.25) is 0 Å². The molecule has 1 aromatic heterocycles. The second-order valence-electron chi connectivity index (χ2n) is 2.89. The molecule has 0 aliphatic rings. The number of aryl methyl sites for hydroxylation is 1. The first-order chi connectivity index (χ1) is 7.22. The lowest BCUT2D eigenvalue weighted by atomic mass is 10.3. The summed E-state index contributed by atoms with van der Waals surface area (Å²) in [6.45, 7) is 2.31. The van der Waals surface area contributed by atoms with E-state index in [4.69, 9.17) is 5.11 Å². The van der Waals surface area contributed by atoms with Crippen LogP contribution in [0.3, 0.4) is 0 Å². The first-order valence-corrected chi connectivity index (χ1v) is 5.53. The van der Waals surface area contributed by atoms with Crippen LogP contribution in [-0.4, -0.2) is 35.9 Å². The first kappa shape index (κ1) is 11.9. The zero-order valence-electron chi connectivity index (χ0n) is 8.52. The molecule has 2 N–H and O–H groups in total. The Labute approximate surface area is 92.1 Å². The second kappa shape index (κ2) is 6.36. The summed E-state index contributed by atoms with van der Waals surface area (Å²) >= 11 is 1.59. The summed E-state index contributed by atoms with van der Waals surface area (Å²) in [4.78, 5) is 15.2. The number of amides is 1. The molecule has 0 unspecified atom stereocenters. The van der Waals surface area contributed by atoms with Crippen molar-refractivity contribution >= 4 is 17.4 Å². The minimum absolute atomic E-state index is 0.0294. The Hall–Kier alpha value is -1.14. The van der Waals surface area contributed by atoms with Gasteiger partial charge in [0.2, 0.25) is 0 Å². The molecule has 0 saturated heterocycles. The second-order valence-corrected chi connectivity index (χ2v) is 3.96. The van der Waals surface area contributed by atoms with E-state index in [9.17, 15) is 4.79 Å². The number of aliphatic hydroxyl groups excluding tert-OH is 1. The SMILES string of the molecule is Cc1nc(CCNC(=O)OCCO)cs1. The predicted octanol–water partition coefficient (Wildman–Crippen LogP) is 0.713. The molecule has 5 nitrogen and oxygen atoms in total. The largest absolute Gasteiger partial charge is 0.447 e. The number of ether oxygens (including phenoxy) is 1. The molecule has 0 saturated carbocycles. The monoisotopic (exact) mass is 230 g/mol. The fourth-order valence-corrected chi connectivity index (χ4v) is 1.65. The Morgan fingerprint density at radius 1 is 1.73 bits per heavy atom. The van der Waals surface area contributed by atoms with Crippen LogP contribution < -0.4 is 5.32 Å². The Bertz CT molecular complexity index is 314. The molecule has 6 heteroatoms. The minimum Gasteiger partial charge on any atom is -0.447 e. The van der Waals surface area contributed by atoms with Gasteiger partial charge in [-0.05, 0) is 6.92 Å². The van der Waals surface area contributed by atoms with E-state index in [0.29, 0.717) is 13.0 Å². The molecule has 0 radical (unpaired) electrons. The van der Waals surface area contributed by atoms with Gasteiger partial charge >= 0.3 is 6.09 Å². The summed E-state index contributed by atoms with van der Waals surface area (Å²) in [6, 6.07) is 0. The number of nitrogens with one attached hydrogen (secondary N) is 1. The fraction of sp³-hybridized carbons (Fsp3) is 0.556. The third kappa shape index (κ3) is 4.75. The standard InChI is InChI=1S/C9H14N2O3S/c1-7-11-8(6-15-7)2-3-10-9(13)14-5-4-12/h6,12H,2-5H2,1H3,(H,10,13). The van der Waals surface area contributed by atoms with Gasteiger partial charge in [-0.1, -0.05) is 0 Å². The van der Waals surface area contributed by atoms with Crippen molar-refractivity contribution in [3.05, 3.63) is 16.1 Å². The molecule has 1 amide bonds. The number of aromatic nitrogens is 1. The average molecular weight is 230 g/mol. The van der Waals surface area contributed by atoms with Gasteiger partial charge in [0.05, 0.1) is 17.3 Å². The topological polar surface area (TPSA) is 71.5 Å². The van der Waals surface area contributed by atoms with E-state index < -0.39 is 6.09 Å². The fourth-order valence-electron chi connectivity index (χ4n) is 1.01. The molecule has 1 aromatic rings. The van der Waals surface area contributed by atoms with E-state index in [1.807, 2.05) is 12.3 Å². The zero-order chi connectivity index (χ0) is 11.1. The Morgan fingerprint density at radius 3 is 3.13 bits per heavy atom. The van der Waals surface area contributed by atoms with Gasteiger partial charge in [0.1, 0.15) is 6.61 Å². The van der Waals surface area contributed by atoms with Crippen LogP contribution >= 0.6 is 11.3 Å². The van der Waals surface area contributed by atoms with Gasteiger partial charge in [0.25, 0.3) is 0 Å². The lowest BCUT2D eigenvalue weighted by molar-refractivity contribution is 0.119. The molecule has 0 bridgehead atoms. The van der Waals surface area contributed by atoms with Crippen molar-refractivity contribution in [2.24, 2.45) is 0 Å². The lowest BCUT2D eigenvalue weighted by Gasteiger charge is -2.04. The highest BCUT2D eigenvalue weighted by atomic mass is 32.1. The molecule has 0 atom stereocenters. The van der Waals surface area contributed by atoms with Gasteiger partial charge < -0.3 is 15.2 Å². The van der Waals surface area contributed by atoms with Gasteiger partial charge in [-0.15, -0.1) is 11.3 Å². The number of carbonyl (C=O) groups excluding carboxylic acids is 1. The van der Waals surface area contributed by atoms with Crippen LogP contribution in [0.15, 0.2) is 5.38 Å². The maximum Gasteiger partial charge on any atom is 0.407 e. The van der Waals surface area contributed by atoms with E-state index in [1.165, 1.54) is 0 Å². The number of rotatable bonds is 5. The molecular weight excluding hydrogens is 216 g/mol. The highest BCUT2D eigenvalue weighted by molar-refractivity contribution is 7.09. The van der Waals surface area contributed by atoms with E-state index in [2.05, 4.69) is 15.0 Å². The molecule has 0 aliphatic heterocycles. The number of hydrogen-bond acceptors (Lipinski definition) is 5. The third-order valence-electron chi connectivity index (χ3n) is 1.64. The van der Waals surface area contributed by atoms with Crippen LogP contribution in [0.1, 0.15) is 10.7 Å². The number of aliphatic hydroxyl groups is 1. The molecule has 0 fully saturated rings. The summed E-state index contributed by atoms with van der Waals surface area (Å²) in [7, 11) is 0. The summed E-state index contributed by atoms with van der Waals surface area (Å²) in [5.41, 5.74) is 0.972. The van der Waals surface area contributed by atoms with Crippen molar-refractivity contribution < 1.29 is 14.6 Å².